The van der Waals surface area contributed by atoms with E-state index in [-0.39, 0.29) is 21.5 Å². The SMILES string of the molecule is O=S(=O)(NCCc1ncc[nH]1)c1cc(Cl)cc(Cl)c1. The predicted octanol–water partition coefficient (Wildman–Crippen LogP) is 2.24. The molecule has 0 bridgehead atoms. The highest BCUT2D eigenvalue weighted by atomic mass is 35.5. The number of halogens is 2. The van der Waals surface area contributed by atoms with E-state index in [9.17, 15) is 8.42 Å². The molecule has 0 fully saturated rings. The molecular formula is C11H11Cl2N3O2S. The average Bonchev–Trinajstić information content (AvgIpc) is 2.80. The van der Waals surface area contributed by atoms with Crippen LogP contribution in [-0.2, 0) is 16.4 Å². The van der Waals surface area contributed by atoms with Crippen molar-refractivity contribution in [2.24, 2.45) is 0 Å². The molecule has 1 aromatic carbocycles. The molecule has 0 aliphatic rings. The normalized spacial score (nSPS) is 11.7. The molecule has 102 valence electrons. The van der Waals surface area contributed by atoms with E-state index in [4.69, 9.17) is 23.2 Å². The van der Waals surface area contributed by atoms with Gasteiger partial charge in [0.15, 0.2) is 0 Å². The van der Waals surface area contributed by atoms with Gasteiger partial charge in [0.05, 0.1) is 4.90 Å². The number of nitrogens with one attached hydrogen (secondary N) is 2. The second-order valence-electron chi connectivity index (χ2n) is 3.79. The van der Waals surface area contributed by atoms with E-state index in [0.29, 0.717) is 12.2 Å². The summed E-state index contributed by atoms with van der Waals surface area (Å²) in [4.78, 5) is 6.94. The predicted molar refractivity (Wildman–Crippen MR) is 73.9 cm³/mol. The maximum absolute atomic E-state index is 12.0. The molecule has 0 aliphatic carbocycles. The van der Waals surface area contributed by atoms with Crippen LogP contribution in [0.3, 0.4) is 0 Å². The first-order chi connectivity index (χ1) is 8.97. The molecule has 2 rings (SSSR count). The zero-order valence-corrected chi connectivity index (χ0v) is 12.1. The summed E-state index contributed by atoms with van der Waals surface area (Å²) in [6, 6.07) is 4.18. The first-order valence-electron chi connectivity index (χ1n) is 5.41. The van der Waals surface area contributed by atoms with E-state index in [2.05, 4.69) is 14.7 Å². The highest BCUT2D eigenvalue weighted by Crippen LogP contribution is 2.22. The molecule has 0 saturated carbocycles. The standard InChI is InChI=1S/C11H11Cl2N3O2S/c12-8-5-9(13)7-10(6-8)19(17,18)16-2-1-11-14-3-4-15-11/h3-7,16H,1-2H2,(H,14,15). The highest BCUT2D eigenvalue weighted by molar-refractivity contribution is 7.89. The maximum atomic E-state index is 12.0. The number of aromatic nitrogens is 2. The lowest BCUT2D eigenvalue weighted by Crippen LogP contribution is -2.26. The van der Waals surface area contributed by atoms with Crippen LogP contribution < -0.4 is 4.72 Å². The van der Waals surface area contributed by atoms with Crippen LogP contribution in [-0.4, -0.2) is 24.9 Å². The Morgan fingerprint density at radius 2 is 1.89 bits per heavy atom. The van der Waals surface area contributed by atoms with E-state index in [1.54, 1.807) is 12.4 Å². The fraction of sp³-hybridized carbons (Fsp3) is 0.182. The van der Waals surface area contributed by atoms with Crippen LogP contribution in [0, 0.1) is 0 Å². The van der Waals surface area contributed by atoms with Crippen LogP contribution in [0.2, 0.25) is 10.0 Å². The van der Waals surface area contributed by atoms with Crippen molar-refractivity contribution in [3.8, 4) is 0 Å². The topological polar surface area (TPSA) is 74.8 Å². The Balaban J connectivity index is 2.05. The summed E-state index contributed by atoms with van der Waals surface area (Å²) in [5.74, 6) is 0.715. The Morgan fingerprint density at radius 1 is 1.21 bits per heavy atom. The van der Waals surface area contributed by atoms with Crippen molar-refractivity contribution >= 4 is 33.2 Å². The highest BCUT2D eigenvalue weighted by Gasteiger charge is 2.15. The van der Waals surface area contributed by atoms with Crippen LogP contribution in [0.5, 0.6) is 0 Å². The second-order valence-corrected chi connectivity index (χ2v) is 6.43. The first kappa shape index (κ1) is 14.3. The molecule has 2 N–H and O–H groups in total. The minimum Gasteiger partial charge on any atom is -0.349 e. The Morgan fingerprint density at radius 3 is 2.47 bits per heavy atom. The van der Waals surface area contributed by atoms with Gasteiger partial charge in [-0.3, -0.25) is 0 Å². The van der Waals surface area contributed by atoms with Crippen LogP contribution in [0.15, 0.2) is 35.5 Å². The van der Waals surface area contributed by atoms with Crippen LogP contribution in [0.1, 0.15) is 5.82 Å². The number of imidazole rings is 1. The fourth-order valence-corrected chi connectivity index (χ4v) is 3.26. The Bertz CT molecular complexity index is 636. The van der Waals surface area contributed by atoms with Crippen LogP contribution >= 0.6 is 23.2 Å². The molecule has 0 saturated heterocycles. The Hall–Kier alpha value is -1.08. The number of hydrogen-bond acceptors (Lipinski definition) is 3. The third-order valence-electron chi connectivity index (χ3n) is 2.36. The quantitative estimate of drug-likeness (QED) is 0.887. The van der Waals surface area contributed by atoms with Crippen molar-refractivity contribution in [1.29, 1.82) is 0 Å². The van der Waals surface area contributed by atoms with Gasteiger partial charge in [-0.1, -0.05) is 23.2 Å². The Labute approximate surface area is 121 Å². The zero-order chi connectivity index (χ0) is 13.9. The lowest BCUT2D eigenvalue weighted by atomic mass is 10.4. The number of sulfonamides is 1. The molecule has 1 aromatic heterocycles. The van der Waals surface area contributed by atoms with Crippen molar-refractivity contribution in [3.05, 3.63) is 46.5 Å². The van der Waals surface area contributed by atoms with E-state index >= 15 is 0 Å². The summed E-state index contributed by atoms with van der Waals surface area (Å²) in [6.07, 6.45) is 3.77. The molecule has 8 heteroatoms. The minimum absolute atomic E-state index is 0.0458. The molecule has 0 radical (unpaired) electrons. The summed E-state index contributed by atoms with van der Waals surface area (Å²) in [5.41, 5.74) is 0. The van der Waals surface area contributed by atoms with Gasteiger partial charge >= 0.3 is 0 Å². The number of nitrogens with zero attached hydrogens (tertiary/aromatic N) is 1. The number of rotatable bonds is 5. The van der Waals surface area contributed by atoms with E-state index in [1.165, 1.54) is 18.2 Å². The molecular weight excluding hydrogens is 309 g/mol. The fourth-order valence-electron chi connectivity index (χ4n) is 1.51. The van der Waals surface area contributed by atoms with Gasteiger partial charge in [0, 0.05) is 35.4 Å². The van der Waals surface area contributed by atoms with E-state index in [1.807, 2.05) is 0 Å². The van der Waals surface area contributed by atoms with Crippen molar-refractivity contribution in [1.82, 2.24) is 14.7 Å². The first-order valence-corrected chi connectivity index (χ1v) is 7.65. The molecule has 1 heterocycles. The van der Waals surface area contributed by atoms with Gasteiger partial charge in [0.1, 0.15) is 5.82 Å². The summed E-state index contributed by atoms with van der Waals surface area (Å²) in [5, 5.41) is 0.554. The molecule has 0 aliphatic heterocycles. The van der Waals surface area contributed by atoms with E-state index in [0.717, 1.165) is 0 Å². The van der Waals surface area contributed by atoms with Gasteiger partial charge in [-0.15, -0.1) is 0 Å². The molecule has 0 atom stereocenters. The summed E-state index contributed by atoms with van der Waals surface area (Å²) in [6.45, 7) is 0.236. The molecule has 0 spiro atoms. The number of benzene rings is 1. The minimum atomic E-state index is -3.62. The van der Waals surface area contributed by atoms with Crippen molar-refractivity contribution in [2.45, 2.75) is 11.3 Å². The summed E-state index contributed by atoms with van der Waals surface area (Å²) >= 11 is 11.6. The third kappa shape index (κ3) is 3.94. The lowest BCUT2D eigenvalue weighted by molar-refractivity contribution is 0.581. The second kappa shape index (κ2) is 5.92. The van der Waals surface area contributed by atoms with Gasteiger partial charge in [0.25, 0.3) is 0 Å². The van der Waals surface area contributed by atoms with Crippen molar-refractivity contribution < 1.29 is 8.42 Å². The number of H-pyrrole nitrogens is 1. The van der Waals surface area contributed by atoms with Crippen molar-refractivity contribution in [2.75, 3.05) is 6.54 Å². The van der Waals surface area contributed by atoms with Gasteiger partial charge in [-0.05, 0) is 18.2 Å². The maximum Gasteiger partial charge on any atom is 0.240 e. The molecule has 0 amide bonds. The zero-order valence-electron chi connectivity index (χ0n) is 9.73. The van der Waals surface area contributed by atoms with Gasteiger partial charge in [-0.25, -0.2) is 18.1 Å². The molecule has 19 heavy (non-hydrogen) atoms. The lowest BCUT2D eigenvalue weighted by Gasteiger charge is -2.07. The number of aromatic amines is 1. The number of hydrogen-bond donors (Lipinski definition) is 2. The van der Waals surface area contributed by atoms with Crippen LogP contribution in [0.4, 0.5) is 0 Å². The average molecular weight is 320 g/mol. The summed E-state index contributed by atoms with van der Waals surface area (Å²) < 4.78 is 26.5. The summed E-state index contributed by atoms with van der Waals surface area (Å²) in [7, 11) is -3.62. The third-order valence-corrected chi connectivity index (χ3v) is 4.23. The van der Waals surface area contributed by atoms with Crippen LogP contribution in [0.25, 0.3) is 0 Å². The van der Waals surface area contributed by atoms with Gasteiger partial charge < -0.3 is 4.98 Å². The van der Waals surface area contributed by atoms with E-state index < -0.39 is 10.0 Å². The largest absolute Gasteiger partial charge is 0.349 e. The van der Waals surface area contributed by atoms with Gasteiger partial charge in [-0.2, -0.15) is 0 Å². The molecule has 0 unspecified atom stereocenters. The van der Waals surface area contributed by atoms with Gasteiger partial charge in [0.2, 0.25) is 10.0 Å². The smallest absolute Gasteiger partial charge is 0.240 e. The Kier molecular flexibility index (Phi) is 4.46. The monoisotopic (exact) mass is 319 g/mol. The van der Waals surface area contributed by atoms with Crippen molar-refractivity contribution in [3.63, 3.8) is 0 Å². The molecule has 2 aromatic rings. The molecule has 5 nitrogen and oxygen atoms in total.